The van der Waals surface area contributed by atoms with Gasteiger partial charge in [-0.05, 0) is 58.9 Å². The Morgan fingerprint density at radius 2 is 1.77 bits per heavy atom. The quantitative estimate of drug-likeness (QED) is 0.516. The van der Waals surface area contributed by atoms with Gasteiger partial charge in [-0.2, -0.15) is 4.98 Å². The highest BCUT2D eigenvalue weighted by Gasteiger charge is 2.17. The molecule has 0 fully saturated rings. The molecule has 0 unspecified atom stereocenters. The van der Waals surface area contributed by atoms with E-state index in [0.717, 1.165) is 11.4 Å². The maximum Gasteiger partial charge on any atom is 0.261 e. The van der Waals surface area contributed by atoms with Gasteiger partial charge >= 0.3 is 0 Å². The van der Waals surface area contributed by atoms with Gasteiger partial charge in [-0.3, -0.25) is 9.36 Å². The molecule has 31 heavy (non-hydrogen) atoms. The van der Waals surface area contributed by atoms with Crippen molar-refractivity contribution >= 4 is 11.6 Å². The molecule has 0 radical (unpaired) electrons. The van der Waals surface area contributed by atoms with Gasteiger partial charge in [0.15, 0.2) is 0 Å². The summed E-state index contributed by atoms with van der Waals surface area (Å²) in [6.07, 6.45) is 1.73. The largest absolute Gasteiger partial charge is 0.439 e. The maximum absolute atomic E-state index is 12.5. The zero-order chi connectivity index (χ0) is 22.1. The van der Waals surface area contributed by atoms with E-state index in [-0.39, 0.29) is 5.91 Å². The fraction of sp³-hybridized carbons (Fsp3) is 0.227. The molecule has 4 rings (SSSR count). The first kappa shape index (κ1) is 20.3. The molecule has 0 saturated carbocycles. The Labute approximate surface area is 179 Å². The van der Waals surface area contributed by atoms with Gasteiger partial charge < -0.3 is 14.6 Å². The zero-order valence-electron chi connectivity index (χ0n) is 17.9. The zero-order valence-corrected chi connectivity index (χ0v) is 17.9. The molecule has 0 aliphatic heterocycles. The summed E-state index contributed by atoms with van der Waals surface area (Å²) in [6, 6.07) is 8.78. The SMILES string of the molecule is Cc1nc(Oc2ccc(NC(=O)c3c(C)noc3C)cc2)cc(-n2cnc(C)c2C)n1. The van der Waals surface area contributed by atoms with Gasteiger partial charge in [-0.25, -0.2) is 9.97 Å². The van der Waals surface area contributed by atoms with Gasteiger partial charge in [-0.15, -0.1) is 0 Å². The lowest BCUT2D eigenvalue weighted by atomic mass is 10.2. The van der Waals surface area contributed by atoms with E-state index in [1.807, 2.05) is 25.3 Å². The predicted molar refractivity (Wildman–Crippen MR) is 114 cm³/mol. The van der Waals surface area contributed by atoms with Crippen LogP contribution in [0.5, 0.6) is 11.6 Å². The predicted octanol–water partition coefficient (Wildman–Crippen LogP) is 4.24. The molecule has 0 bridgehead atoms. The summed E-state index contributed by atoms with van der Waals surface area (Å²) in [7, 11) is 0. The molecule has 1 amide bonds. The second-order valence-corrected chi connectivity index (χ2v) is 7.18. The molecule has 0 saturated heterocycles. The van der Waals surface area contributed by atoms with E-state index in [2.05, 4.69) is 25.4 Å². The average Bonchev–Trinajstić information content (AvgIpc) is 3.24. The number of aromatic nitrogens is 5. The number of amides is 1. The van der Waals surface area contributed by atoms with Crippen LogP contribution in [0.1, 0.15) is 39.0 Å². The van der Waals surface area contributed by atoms with Crippen molar-refractivity contribution in [3.63, 3.8) is 0 Å². The van der Waals surface area contributed by atoms with Gasteiger partial charge in [0.1, 0.15) is 35.0 Å². The minimum atomic E-state index is -0.271. The molecule has 3 heterocycles. The van der Waals surface area contributed by atoms with E-state index in [0.29, 0.717) is 46.0 Å². The standard InChI is InChI=1S/C22H22N6O3/c1-12-14(3)28(11-23-12)19-10-20(25-16(5)24-19)30-18-8-6-17(7-9-18)26-22(29)21-13(2)27-31-15(21)4/h6-11H,1-5H3,(H,26,29). The van der Waals surface area contributed by atoms with Crippen molar-refractivity contribution in [1.82, 2.24) is 24.7 Å². The molecule has 9 nitrogen and oxygen atoms in total. The van der Waals surface area contributed by atoms with Crippen molar-refractivity contribution in [1.29, 1.82) is 0 Å². The number of aryl methyl sites for hydroxylation is 4. The van der Waals surface area contributed by atoms with Gasteiger partial charge in [0.25, 0.3) is 5.91 Å². The highest BCUT2D eigenvalue weighted by atomic mass is 16.5. The molecule has 0 aliphatic rings. The topological polar surface area (TPSA) is 108 Å². The van der Waals surface area contributed by atoms with Gasteiger partial charge in [0.05, 0.1) is 11.4 Å². The number of hydrogen-bond acceptors (Lipinski definition) is 7. The molecule has 0 aliphatic carbocycles. The van der Waals surface area contributed by atoms with Crippen molar-refractivity contribution in [3.05, 3.63) is 70.9 Å². The minimum Gasteiger partial charge on any atom is -0.439 e. The van der Waals surface area contributed by atoms with E-state index >= 15 is 0 Å². The number of nitrogens with zero attached hydrogens (tertiary/aromatic N) is 5. The van der Waals surface area contributed by atoms with Crippen LogP contribution < -0.4 is 10.1 Å². The van der Waals surface area contributed by atoms with Crippen LogP contribution in [0.4, 0.5) is 5.69 Å². The van der Waals surface area contributed by atoms with E-state index < -0.39 is 0 Å². The van der Waals surface area contributed by atoms with Crippen molar-refractivity contribution < 1.29 is 14.1 Å². The second-order valence-electron chi connectivity index (χ2n) is 7.18. The highest BCUT2D eigenvalue weighted by Crippen LogP contribution is 2.24. The molecule has 3 aromatic heterocycles. The second kappa shape index (κ2) is 8.02. The molecule has 9 heteroatoms. The molecule has 1 N–H and O–H groups in total. The van der Waals surface area contributed by atoms with Gasteiger partial charge in [0, 0.05) is 17.4 Å². The lowest BCUT2D eigenvalue weighted by molar-refractivity contribution is 0.102. The van der Waals surface area contributed by atoms with Crippen LogP contribution in [0.2, 0.25) is 0 Å². The number of nitrogens with one attached hydrogen (secondary N) is 1. The average molecular weight is 418 g/mol. The summed E-state index contributed by atoms with van der Waals surface area (Å²) in [4.78, 5) is 25.6. The number of imidazole rings is 1. The van der Waals surface area contributed by atoms with Crippen LogP contribution >= 0.6 is 0 Å². The fourth-order valence-electron chi connectivity index (χ4n) is 3.16. The Kier molecular flexibility index (Phi) is 5.24. The molecule has 1 aromatic carbocycles. The molecule has 4 aromatic rings. The summed E-state index contributed by atoms with van der Waals surface area (Å²) < 4.78 is 12.9. The Morgan fingerprint density at radius 3 is 2.39 bits per heavy atom. The lowest BCUT2D eigenvalue weighted by Crippen LogP contribution is -2.13. The van der Waals surface area contributed by atoms with E-state index in [4.69, 9.17) is 9.26 Å². The molecular formula is C22H22N6O3. The first-order valence-corrected chi connectivity index (χ1v) is 9.70. The first-order valence-electron chi connectivity index (χ1n) is 9.70. The van der Waals surface area contributed by atoms with E-state index in [9.17, 15) is 4.79 Å². The number of carbonyl (C=O) groups excluding carboxylic acids is 1. The van der Waals surface area contributed by atoms with Crippen LogP contribution in [0.3, 0.4) is 0 Å². The van der Waals surface area contributed by atoms with Crippen LogP contribution in [0, 0.1) is 34.6 Å². The lowest BCUT2D eigenvalue weighted by Gasteiger charge is -2.10. The smallest absolute Gasteiger partial charge is 0.261 e. The molecule has 0 spiro atoms. The molecule has 158 valence electrons. The third-order valence-electron chi connectivity index (χ3n) is 4.89. The normalized spacial score (nSPS) is 10.9. The number of ether oxygens (including phenoxy) is 1. The summed E-state index contributed by atoms with van der Waals surface area (Å²) in [5, 5.41) is 6.64. The summed E-state index contributed by atoms with van der Waals surface area (Å²) >= 11 is 0. The summed E-state index contributed by atoms with van der Waals surface area (Å²) in [6.45, 7) is 9.17. The first-order chi connectivity index (χ1) is 14.8. The van der Waals surface area contributed by atoms with Crippen LogP contribution in [0.15, 0.2) is 41.2 Å². The van der Waals surface area contributed by atoms with Crippen molar-refractivity contribution in [3.8, 4) is 17.4 Å². The molecular weight excluding hydrogens is 396 g/mol. The van der Waals surface area contributed by atoms with E-state index in [1.165, 1.54) is 0 Å². The van der Waals surface area contributed by atoms with Crippen molar-refractivity contribution in [2.24, 2.45) is 0 Å². The number of rotatable bonds is 5. The summed E-state index contributed by atoms with van der Waals surface area (Å²) in [5.41, 5.74) is 3.55. The Bertz CT molecular complexity index is 1240. The Balaban J connectivity index is 1.50. The maximum atomic E-state index is 12.5. The van der Waals surface area contributed by atoms with Crippen molar-refractivity contribution in [2.75, 3.05) is 5.32 Å². The van der Waals surface area contributed by atoms with Crippen molar-refractivity contribution in [2.45, 2.75) is 34.6 Å². The number of benzene rings is 1. The third-order valence-corrected chi connectivity index (χ3v) is 4.89. The van der Waals surface area contributed by atoms with E-state index in [1.54, 1.807) is 50.5 Å². The van der Waals surface area contributed by atoms with Crippen LogP contribution in [-0.2, 0) is 0 Å². The highest BCUT2D eigenvalue weighted by molar-refractivity contribution is 6.05. The molecule has 0 atom stereocenters. The monoisotopic (exact) mass is 418 g/mol. The number of carbonyl (C=O) groups is 1. The Morgan fingerprint density at radius 1 is 1.03 bits per heavy atom. The van der Waals surface area contributed by atoms with Crippen LogP contribution in [0.25, 0.3) is 5.82 Å². The number of anilines is 1. The third kappa shape index (κ3) is 4.16. The summed E-state index contributed by atoms with van der Waals surface area (Å²) in [5.74, 6) is 2.48. The minimum absolute atomic E-state index is 0.271. The van der Waals surface area contributed by atoms with Crippen LogP contribution in [-0.4, -0.2) is 30.6 Å². The fourth-order valence-corrected chi connectivity index (χ4v) is 3.16. The van der Waals surface area contributed by atoms with Gasteiger partial charge in [0.2, 0.25) is 5.88 Å². The number of hydrogen-bond donors (Lipinski definition) is 1. The van der Waals surface area contributed by atoms with Gasteiger partial charge in [-0.1, -0.05) is 5.16 Å². The Hall–Kier alpha value is -4.01.